The summed E-state index contributed by atoms with van der Waals surface area (Å²) >= 11 is 2.32. The third-order valence-electron chi connectivity index (χ3n) is 2.02. The van der Waals surface area contributed by atoms with Gasteiger partial charge in [0, 0.05) is 3.57 Å². The Morgan fingerprint density at radius 3 is 2.79 bits per heavy atom. The third-order valence-corrected chi connectivity index (χ3v) is 3.07. The summed E-state index contributed by atoms with van der Waals surface area (Å²) in [7, 11) is 0. The van der Waals surface area contributed by atoms with Crippen molar-refractivity contribution in [2.75, 3.05) is 6.61 Å². The highest BCUT2D eigenvalue weighted by Gasteiger charge is 1.98. The summed E-state index contributed by atoms with van der Waals surface area (Å²) in [4.78, 5) is 0. The first-order valence-corrected chi connectivity index (χ1v) is 5.79. The fraction of sp³-hybridized carbons (Fsp3) is 0.333. The van der Waals surface area contributed by atoms with Crippen LogP contribution in [0.3, 0.4) is 0 Å². The summed E-state index contributed by atoms with van der Waals surface area (Å²) in [5.41, 5.74) is 2.40. The summed E-state index contributed by atoms with van der Waals surface area (Å²) in [5.74, 6) is 0. The molecule has 0 aliphatic rings. The van der Waals surface area contributed by atoms with E-state index in [0.717, 1.165) is 12.0 Å². The Bertz CT molecular complexity index is 307. The lowest BCUT2D eigenvalue weighted by molar-refractivity contribution is 0.141. The molecule has 0 N–H and O–H groups in total. The molecule has 0 bridgehead atoms. The van der Waals surface area contributed by atoms with Gasteiger partial charge in [-0.05, 0) is 40.6 Å². The zero-order chi connectivity index (χ0) is 10.4. The predicted octanol–water partition coefficient (Wildman–Crippen LogP) is 3.77. The molecule has 0 atom stereocenters. The van der Waals surface area contributed by atoms with E-state index in [1.54, 1.807) is 0 Å². The normalized spacial score (nSPS) is 10.1. The van der Waals surface area contributed by atoms with Gasteiger partial charge in [-0.25, -0.2) is 0 Å². The van der Waals surface area contributed by atoms with E-state index in [1.165, 1.54) is 9.13 Å². The van der Waals surface area contributed by atoms with E-state index in [0.29, 0.717) is 13.2 Å². The van der Waals surface area contributed by atoms with Crippen LogP contribution in [0, 0.1) is 3.57 Å². The Hall–Kier alpha value is -0.350. The maximum Gasteiger partial charge on any atom is 0.0731 e. The van der Waals surface area contributed by atoms with E-state index in [-0.39, 0.29) is 0 Å². The number of rotatable bonds is 5. The van der Waals surface area contributed by atoms with Gasteiger partial charge in [-0.15, -0.1) is 0 Å². The zero-order valence-electron chi connectivity index (χ0n) is 8.42. The molecule has 0 unspecified atom stereocenters. The van der Waals surface area contributed by atoms with Crippen molar-refractivity contribution in [2.45, 2.75) is 20.0 Å². The van der Waals surface area contributed by atoms with Gasteiger partial charge in [0.1, 0.15) is 0 Å². The van der Waals surface area contributed by atoms with Crippen LogP contribution in [0.1, 0.15) is 18.9 Å². The van der Waals surface area contributed by atoms with Gasteiger partial charge >= 0.3 is 0 Å². The lowest BCUT2D eigenvalue weighted by Gasteiger charge is -2.06. The van der Waals surface area contributed by atoms with Gasteiger partial charge in [-0.2, -0.15) is 0 Å². The number of benzene rings is 1. The molecule has 0 radical (unpaired) electrons. The molecule has 0 aromatic heterocycles. The summed E-state index contributed by atoms with van der Waals surface area (Å²) < 4.78 is 6.81. The van der Waals surface area contributed by atoms with Gasteiger partial charge in [0.25, 0.3) is 0 Å². The van der Waals surface area contributed by atoms with Crippen LogP contribution >= 0.6 is 22.6 Å². The van der Waals surface area contributed by atoms with Crippen LogP contribution in [0.5, 0.6) is 0 Å². The van der Waals surface area contributed by atoms with Crippen LogP contribution in [0.4, 0.5) is 0 Å². The lowest BCUT2D eigenvalue weighted by atomic mass is 10.2. The van der Waals surface area contributed by atoms with Crippen LogP contribution in [-0.2, 0) is 11.3 Å². The average molecular weight is 302 g/mol. The van der Waals surface area contributed by atoms with Crippen molar-refractivity contribution >= 4 is 22.6 Å². The first-order chi connectivity index (χ1) is 6.74. The number of hydrogen-bond donors (Lipinski definition) is 0. The molecule has 0 spiro atoms. The topological polar surface area (TPSA) is 9.23 Å². The first kappa shape index (κ1) is 11.7. The SMILES string of the molecule is C=C(CC)COCc1ccccc1I. The fourth-order valence-corrected chi connectivity index (χ4v) is 1.57. The van der Waals surface area contributed by atoms with E-state index in [4.69, 9.17) is 4.74 Å². The molecule has 0 aliphatic carbocycles. The maximum atomic E-state index is 5.55. The van der Waals surface area contributed by atoms with Gasteiger partial charge in [0.2, 0.25) is 0 Å². The highest BCUT2D eigenvalue weighted by Crippen LogP contribution is 2.12. The van der Waals surface area contributed by atoms with Gasteiger partial charge in [0.15, 0.2) is 0 Å². The molecule has 1 aromatic carbocycles. The second-order valence-corrected chi connectivity index (χ2v) is 4.35. The van der Waals surface area contributed by atoms with Crippen LogP contribution in [0.25, 0.3) is 0 Å². The van der Waals surface area contributed by atoms with Crippen molar-refractivity contribution in [1.29, 1.82) is 0 Å². The van der Waals surface area contributed by atoms with Gasteiger partial charge in [0.05, 0.1) is 13.2 Å². The quantitative estimate of drug-likeness (QED) is 0.594. The van der Waals surface area contributed by atoms with Crippen LogP contribution in [-0.4, -0.2) is 6.61 Å². The molecular weight excluding hydrogens is 287 g/mol. The second-order valence-electron chi connectivity index (χ2n) is 3.19. The summed E-state index contributed by atoms with van der Waals surface area (Å²) in [6, 6.07) is 8.26. The van der Waals surface area contributed by atoms with E-state index in [9.17, 15) is 0 Å². The van der Waals surface area contributed by atoms with Crippen LogP contribution in [0.2, 0.25) is 0 Å². The Morgan fingerprint density at radius 2 is 2.14 bits per heavy atom. The monoisotopic (exact) mass is 302 g/mol. The highest BCUT2D eigenvalue weighted by atomic mass is 127. The molecule has 0 saturated carbocycles. The molecule has 76 valence electrons. The van der Waals surface area contributed by atoms with E-state index < -0.39 is 0 Å². The van der Waals surface area contributed by atoms with Gasteiger partial charge in [-0.1, -0.05) is 37.3 Å². The molecule has 14 heavy (non-hydrogen) atoms. The molecular formula is C12H15IO. The molecule has 0 fully saturated rings. The van der Waals surface area contributed by atoms with Crippen molar-refractivity contribution in [1.82, 2.24) is 0 Å². The molecule has 0 aliphatic heterocycles. The van der Waals surface area contributed by atoms with Crippen molar-refractivity contribution in [3.63, 3.8) is 0 Å². The molecule has 1 rings (SSSR count). The maximum absolute atomic E-state index is 5.55. The van der Waals surface area contributed by atoms with E-state index in [1.807, 2.05) is 12.1 Å². The standard InChI is InChI=1S/C12H15IO/c1-3-10(2)8-14-9-11-6-4-5-7-12(11)13/h4-7H,2-3,8-9H2,1H3. The average Bonchev–Trinajstić information content (AvgIpc) is 2.20. The Morgan fingerprint density at radius 1 is 1.43 bits per heavy atom. The Labute approximate surface area is 99.3 Å². The van der Waals surface area contributed by atoms with Crippen molar-refractivity contribution in [2.24, 2.45) is 0 Å². The number of hydrogen-bond acceptors (Lipinski definition) is 1. The molecule has 0 amide bonds. The Kier molecular flexibility index (Phi) is 5.19. The predicted molar refractivity (Wildman–Crippen MR) is 68.2 cm³/mol. The molecule has 2 heteroatoms. The molecule has 1 aromatic rings. The minimum absolute atomic E-state index is 0.668. The fourth-order valence-electron chi connectivity index (χ4n) is 1.02. The van der Waals surface area contributed by atoms with Crippen molar-refractivity contribution < 1.29 is 4.74 Å². The lowest BCUT2D eigenvalue weighted by Crippen LogP contribution is -1.98. The minimum Gasteiger partial charge on any atom is -0.372 e. The Balaban J connectivity index is 2.39. The van der Waals surface area contributed by atoms with Crippen LogP contribution in [0.15, 0.2) is 36.4 Å². The third kappa shape index (κ3) is 3.80. The number of ether oxygens (including phenoxy) is 1. The minimum atomic E-state index is 0.668. The van der Waals surface area contributed by atoms with Crippen molar-refractivity contribution in [3.05, 3.63) is 45.6 Å². The van der Waals surface area contributed by atoms with Crippen LogP contribution < -0.4 is 0 Å². The first-order valence-electron chi connectivity index (χ1n) is 4.72. The molecule has 1 nitrogen and oxygen atoms in total. The molecule has 0 heterocycles. The van der Waals surface area contributed by atoms with Crippen molar-refractivity contribution in [3.8, 4) is 0 Å². The zero-order valence-corrected chi connectivity index (χ0v) is 10.6. The van der Waals surface area contributed by atoms with Gasteiger partial charge < -0.3 is 4.74 Å². The summed E-state index contributed by atoms with van der Waals surface area (Å²) in [5, 5.41) is 0. The summed E-state index contributed by atoms with van der Waals surface area (Å²) in [6.45, 7) is 7.34. The number of halogens is 1. The largest absolute Gasteiger partial charge is 0.372 e. The van der Waals surface area contributed by atoms with Gasteiger partial charge in [-0.3, -0.25) is 0 Å². The highest BCUT2D eigenvalue weighted by molar-refractivity contribution is 14.1. The van der Waals surface area contributed by atoms with E-state index >= 15 is 0 Å². The summed E-state index contributed by atoms with van der Waals surface area (Å²) in [6.07, 6.45) is 0.992. The smallest absolute Gasteiger partial charge is 0.0731 e. The molecule has 0 saturated heterocycles. The second kappa shape index (κ2) is 6.19. The van der Waals surface area contributed by atoms with E-state index in [2.05, 4.69) is 48.2 Å².